The zero-order chi connectivity index (χ0) is 10.7. The lowest BCUT2D eigenvalue weighted by Gasteiger charge is -2.16. The summed E-state index contributed by atoms with van der Waals surface area (Å²) < 4.78 is 0.877. The maximum absolute atomic E-state index is 5.98. The summed E-state index contributed by atoms with van der Waals surface area (Å²) in [7, 11) is 0. The minimum Gasteiger partial charge on any atom is -0.326 e. The van der Waals surface area contributed by atoms with Gasteiger partial charge >= 0.3 is 0 Å². The Morgan fingerprint density at radius 3 is 2.93 bits per heavy atom. The van der Waals surface area contributed by atoms with Crippen molar-refractivity contribution in [3.8, 4) is 0 Å². The lowest BCUT2D eigenvalue weighted by molar-refractivity contribution is 0.480. The molecule has 15 heavy (non-hydrogen) atoms. The first-order valence-electron chi connectivity index (χ1n) is 5.49. The predicted octanol–water partition coefficient (Wildman–Crippen LogP) is 2.41. The van der Waals surface area contributed by atoms with Crippen molar-refractivity contribution in [2.24, 2.45) is 5.73 Å². The van der Waals surface area contributed by atoms with Crippen molar-refractivity contribution in [3.05, 3.63) is 21.3 Å². The molecule has 1 aliphatic rings. The predicted molar refractivity (Wildman–Crippen MR) is 66.7 cm³/mol. The minimum atomic E-state index is 0.358. The van der Waals surface area contributed by atoms with Gasteiger partial charge in [0.1, 0.15) is 0 Å². The average molecular weight is 245 g/mol. The van der Waals surface area contributed by atoms with Gasteiger partial charge in [0, 0.05) is 23.5 Å². The maximum Gasteiger partial charge on any atom is 0.0931 e. The molecule has 4 heteroatoms. The summed E-state index contributed by atoms with van der Waals surface area (Å²) in [6.07, 6.45) is 4.72. The fourth-order valence-corrected chi connectivity index (χ4v) is 3.20. The molecule has 2 atom stereocenters. The van der Waals surface area contributed by atoms with Gasteiger partial charge in [0.2, 0.25) is 0 Å². The zero-order valence-electron chi connectivity index (χ0n) is 8.71. The second kappa shape index (κ2) is 5.30. The summed E-state index contributed by atoms with van der Waals surface area (Å²) in [5.41, 5.74) is 5.98. The first kappa shape index (κ1) is 11.4. The Balaban J connectivity index is 1.70. The van der Waals surface area contributed by atoms with E-state index in [-0.39, 0.29) is 0 Å². The van der Waals surface area contributed by atoms with Crippen molar-refractivity contribution in [1.82, 2.24) is 5.32 Å². The van der Waals surface area contributed by atoms with Crippen LogP contribution < -0.4 is 11.1 Å². The molecule has 1 heterocycles. The Morgan fingerprint density at radius 2 is 2.33 bits per heavy atom. The molecule has 2 rings (SSSR count). The molecule has 0 radical (unpaired) electrons. The van der Waals surface area contributed by atoms with Gasteiger partial charge in [-0.15, -0.1) is 11.3 Å². The van der Waals surface area contributed by atoms with Crippen LogP contribution in [-0.4, -0.2) is 18.6 Å². The van der Waals surface area contributed by atoms with Gasteiger partial charge in [-0.25, -0.2) is 0 Å². The zero-order valence-corrected chi connectivity index (χ0v) is 10.3. The molecule has 1 aromatic heterocycles. The highest BCUT2D eigenvalue weighted by atomic mass is 35.5. The molecular weight excluding hydrogens is 228 g/mol. The Bertz CT molecular complexity index is 313. The van der Waals surface area contributed by atoms with Crippen LogP contribution in [0.5, 0.6) is 0 Å². The summed E-state index contributed by atoms with van der Waals surface area (Å²) in [5.74, 6) is 0. The summed E-state index contributed by atoms with van der Waals surface area (Å²) in [6, 6.07) is 4.95. The normalized spacial score (nSPS) is 26.0. The second-order valence-corrected chi connectivity index (χ2v) is 5.91. The van der Waals surface area contributed by atoms with Crippen LogP contribution >= 0.6 is 22.9 Å². The average Bonchev–Trinajstić information content (AvgIpc) is 2.77. The molecule has 84 valence electrons. The van der Waals surface area contributed by atoms with Gasteiger partial charge in [-0.3, -0.25) is 0 Å². The van der Waals surface area contributed by atoms with Crippen molar-refractivity contribution in [3.63, 3.8) is 0 Å². The van der Waals surface area contributed by atoms with E-state index in [4.69, 9.17) is 17.3 Å². The smallest absolute Gasteiger partial charge is 0.0931 e. The molecular formula is C11H17ClN2S. The lowest BCUT2D eigenvalue weighted by atomic mass is 10.2. The van der Waals surface area contributed by atoms with E-state index in [2.05, 4.69) is 11.4 Å². The van der Waals surface area contributed by atoms with Crippen LogP contribution in [0.1, 0.15) is 24.1 Å². The SMILES string of the molecule is NC1CCCC1NCCc1ccc(Cl)s1. The third-order valence-electron chi connectivity index (χ3n) is 2.98. The van der Waals surface area contributed by atoms with Gasteiger partial charge < -0.3 is 11.1 Å². The molecule has 0 aliphatic heterocycles. The highest BCUT2D eigenvalue weighted by molar-refractivity contribution is 7.16. The minimum absolute atomic E-state index is 0.358. The summed E-state index contributed by atoms with van der Waals surface area (Å²) >= 11 is 7.53. The van der Waals surface area contributed by atoms with Crippen LogP contribution in [0.15, 0.2) is 12.1 Å². The van der Waals surface area contributed by atoms with Crippen LogP contribution in [-0.2, 0) is 6.42 Å². The second-order valence-electron chi connectivity index (χ2n) is 4.11. The van der Waals surface area contributed by atoms with E-state index in [1.54, 1.807) is 11.3 Å². The van der Waals surface area contributed by atoms with Crippen molar-refractivity contribution in [1.29, 1.82) is 0 Å². The number of halogens is 1. The first-order valence-corrected chi connectivity index (χ1v) is 6.68. The quantitative estimate of drug-likeness (QED) is 0.854. The molecule has 0 amide bonds. The number of hydrogen-bond acceptors (Lipinski definition) is 3. The number of hydrogen-bond donors (Lipinski definition) is 2. The molecule has 1 aromatic rings. The fraction of sp³-hybridized carbons (Fsp3) is 0.636. The Labute approximate surface area is 99.8 Å². The van der Waals surface area contributed by atoms with Gasteiger partial charge in [-0.05, 0) is 31.4 Å². The monoisotopic (exact) mass is 244 g/mol. The number of thiophene rings is 1. The van der Waals surface area contributed by atoms with Gasteiger partial charge in [-0.2, -0.15) is 0 Å². The Hall–Kier alpha value is -0.0900. The van der Waals surface area contributed by atoms with Gasteiger partial charge in [0.05, 0.1) is 4.34 Å². The van der Waals surface area contributed by atoms with Crippen molar-refractivity contribution in [2.75, 3.05) is 6.54 Å². The van der Waals surface area contributed by atoms with E-state index in [0.29, 0.717) is 12.1 Å². The van der Waals surface area contributed by atoms with Gasteiger partial charge in [0.15, 0.2) is 0 Å². The van der Waals surface area contributed by atoms with Crippen LogP contribution in [0.2, 0.25) is 4.34 Å². The van der Waals surface area contributed by atoms with Crippen molar-refractivity contribution < 1.29 is 0 Å². The largest absolute Gasteiger partial charge is 0.326 e. The summed E-state index contributed by atoms with van der Waals surface area (Å²) in [4.78, 5) is 1.35. The molecule has 3 N–H and O–H groups in total. The van der Waals surface area contributed by atoms with Crippen LogP contribution in [0.4, 0.5) is 0 Å². The van der Waals surface area contributed by atoms with Crippen molar-refractivity contribution >= 4 is 22.9 Å². The standard InChI is InChI=1S/C11H17ClN2S/c12-11-5-4-8(15-11)6-7-14-10-3-1-2-9(10)13/h4-5,9-10,14H,1-3,6-7,13H2. The van der Waals surface area contributed by atoms with E-state index in [0.717, 1.165) is 17.3 Å². The Morgan fingerprint density at radius 1 is 1.47 bits per heavy atom. The molecule has 1 aliphatic carbocycles. The summed E-state index contributed by atoms with van der Waals surface area (Å²) in [5, 5.41) is 3.53. The lowest BCUT2D eigenvalue weighted by Crippen LogP contribution is -2.41. The molecule has 0 aromatic carbocycles. The van der Waals surface area contributed by atoms with Crippen LogP contribution in [0.3, 0.4) is 0 Å². The maximum atomic E-state index is 5.98. The first-order chi connectivity index (χ1) is 7.25. The van der Waals surface area contributed by atoms with Crippen LogP contribution in [0, 0.1) is 0 Å². The van der Waals surface area contributed by atoms with Crippen molar-refractivity contribution in [2.45, 2.75) is 37.8 Å². The van der Waals surface area contributed by atoms with Gasteiger partial charge in [0.25, 0.3) is 0 Å². The third-order valence-corrected chi connectivity index (χ3v) is 4.27. The third kappa shape index (κ3) is 3.18. The molecule has 0 spiro atoms. The highest BCUT2D eigenvalue weighted by Crippen LogP contribution is 2.22. The van der Waals surface area contributed by atoms with E-state index in [1.807, 2.05) is 6.07 Å². The fourth-order valence-electron chi connectivity index (χ4n) is 2.11. The topological polar surface area (TPSA) is 38.0 Å². The molecule has 1 saturated carbocycles. The summed E-state index contributed by atoms with van der Waals surface area (Å²) in [6.45, 7) is 1.01. The molecule has 0 bridgehead atoms. The number of rotatable bonds is 4. The van der Waals surface area contributed by atoms with E-state index in [1.165, 1.54) is 24.1 Å². The number of nitrogens with one attached hydrogen (secondary N) is 1. The Kier molecular flexibility index (Phi) is 4.03. The molecule has 0 saturated heterocycles. The molecule has 2 nitrogen and oxygen atoms in total. The number of nitrogens with two attached hydrogens (primary N) is 1. The van der Waals surface area contributed by atoms with Gasteiger partial charge in [-0.1, -0.05) is 18.0 Å². The van der Waals surface area contributed by atoms with E-state index >= 15 is 0 Å². The molecule has 1 fully saturated rings. The van der Waals surface area contributed by atoms with E-state index in [9.17, 15) is 0 Å². The highest BCUT2D eigenvalue weighted by Gasteiger charge is 2.22. The van der Waals surface area contributed by atoms with E-state index < -0.39 is 0 Å². The van der Waals surface area contributed by atoms with Crippen LogP contribution in [0.25, 0.3) is 0 Å². The molecule has 2 unspecified atom stereocenters.